The van der Waals surface area contributed by atoms with E-state index in [1.54, 1.807) is 30.5 Å². The van der Waals surface area contributed by atoms with Gasteiger partial charge in [-0.15, -0.1) is 0 Å². The Morgan fingerprint density at radius 1 is 0.966 bits per heavy atom. The first-order chi connectivity index (χ1) is 14.2. The van der Waals surface area contributed by atoms with Gasteiger partial charge in [-0.1, -0.05) is 43.2 Å². The molecule has 2 aromatic heterocycles. The first-order valence-corrected chi connectivity index (χ1v) is 9.94. The van der Waals surface area contributed by atoms with Gasteiger partial charge < -0.3 is 19.1 Å². The highest BCUT2D eigenvalue weighted by molar-refractivity contribution is 5.96. The molecule has 0 bridgehead atoms. The van der Waals surface area contributed by atoms with Gasteiger partial charge >= 0.3 is 0 Å². The number of nitrogens with one attached hydrogen (secondary N) is 1. The minimum Gasteiger partial charge on any atom is -0.467 e. The van der Waals surface area contributed by atoms with Gasteiger partial charge in [0.2, 0.25) is 5.91 Å². The van der Waals surface area contributed by atoms with Crippen LogP contribution in [0.15, 0.2) is 76.0 Å². The smallest absolute Gasteiger partial charge is 0.290 e. The second kappa shape index (κ2) is 8.82. The minimum atomic E-state index is -0.792. The van der Waals surface area contributed by atoms with Gasteiger partial charge in [0.1, 0.15) is 11.8 Å². The Hall–Kier alpha value is -3.28. The van der Waals surface area contributed by atoms with Crippen molar-refractivity contribution in [3.8, 4) is 0 Å². The van der Waals surface area contributed by atoms with Crippen molar-refractivity contribution < 1.29 is 18.4 Å². The molecule has 2 amide bonds. The largest absolute Gasteiger partial charge is 0.467 e. The van der Waals surface area contributed by atoms with Crippen LogP contribution >= 0.6 is 0 Å². The lowest BCUT2D eigenvalue weighted by molar-refractivity contribution is -0.126. The molecule has 29 heavy (non-hydrogen) atoms. The molecule has 3 aromatic rings. The SMILES string of the molecule is O=C(NC1CCCC1)[C@H](c1ccccc1)N(Cc1ccco1)C(=O)c1ccco1. The van der Waals surface area contributed by atoms with Gasteiger partial charge in [0.05, 0.1) is 19.1 Å². The molecule has 0 unspecified atom stereocenters. The van der Waals surface area contributed by atoms with Crippen molar-refractivity contribution in [1.82, 2.24) is 10.2 Å². The van der Waals surface area contributed by atoms with E-state index in [4.69, 9.17) is 8.83 Å². The maximum atomic E-state index is 13.4. The summed E-state index contributed by atoms with van der Waals surface area (Å²) < 4.78 is 10.8. The highest BCUT2D eigenvalue weighted by Crippen LogP contribution is 2.27. The molecule has 1 atom stereocenters. The van der Waals surface area contributed by atoms with Gasteiger partial charge in [-0.3, -0.25) is 9.59 Å². The zero-order chi connectivity index (χ0) is 20.1. The summed E-state index contributed by atoms with van der Waals surface area (Å²) in [6.07, 6.45) is 7.18. The molecule has 1 aromatic carbocycles. The Labute approximate surface area is 169 Å². The molecule has 6 nitrogen and oxygen atoms in total. The Morgan fingerprint density at radius 3 is 2.34 bits per heavy atom. The normalized spacial score (nSPS) is 15.2. The van der Waals surface area contributed by atoms with Crippen LogP contribution in [0.4, 0.5) is 0 Å². The third-order valence-electron chi connectivity index (χ3n) is 5.28. The molecule has 1 saturated carbocycles. The van der Waals surface area contributed by atoms with E-state index in [1.165, 1.54) is 11.2 Å². The van der Waals surface area contributed by atoms with E-state index in [9.17, 15) is 9.59 Å². The van der Waals surface area contributed by atoms with Gasteiger partial charge in [-0.25, -0.2) is 0 Å². The maximum absolute atomic E-state index is 13.4. The molecule has 4 rings (SSSR count). The molecule has 2 heterocycles. The predicted octanol–water partition coefficient (Wildman–Crippen LogP) is 4.32. The summed E-state index contributed by atoms with van der Waals surface area (Å²) in [5.74, 6) is 0.238. The van der Waals surface area contributed by atoms with Crippen LogP contribution < -0.4 is 5.32 Å². The highest BCUT2D eigenvalue weighted by atomic mass is 16.3. The molecule has 0 spiro atoms. The van der Waals surface area contributed by atoms with Crippen LogP contribution in [0.5, 0.6) is 0 Å². The van der Waals surface area contributed by atoms with E-state index in [0.29, 0.717) is 5.76 Å². The van der Waals surface area contributed by atoms with Gasteiger partial charge in [0.25, 0.3) is 5.91 Å². The lowest BCUT2D eigenvalue weighted by Gasteiger charge is -2.31. The first-order valence-electron chi connectivity index (χ1n) is 9.94. The molecule has 1 aliphatic carbocycles. The fourth-order valence-corrected chi connectivity index (χ4v) is 3.85. The third kappa shape index (κ3) is 4.42. The molecule has 0 radical (unpaired) electrons. The highest BCUT2D eigenvalue weighted by Gasteiger charge is 2.35. The first kappa shape index (κ1) is 19.1. The van der Waals surface area contributed by atoms with Crippen LogP contribution in [-0.4, -0.2) is 22.8 Å². The topological polar surface area (TPSA) is 75.7 Å². The van der Waals surface area contributed by atoms with E-state index in [-0.39, 0.29) is 30.2 Å². The summed E-state index contributed by atoms with van der Waals surface area (Å²) in [6, 6.07) is 15.5. The number of amides is 2. The van der Waals surface area contributed by atoms with Crippen molar-refractivity contribution in [2.45, 2.75) is 44.3 Å². The predicted molar refractivity (Wildman–Crippen MR) is 107 cm³/mol. The zero-order valence-corrected chi connectivity index (χ0v) is 16.1. The van der Waals surface area contributed by atoms with E-state index in [2.05, 4.69) is 5.32 Å². The molecule has 150 valence electrons. The fourth-order valence-electron chi connectivity index (χ4n) is 3.85. The fraction of sp³-hybridized carbons (Fsp3) is 0.304. The van der Waals surface area contributed by atoms with Crippen LogP contribution in [-0.2, 0) is 11.3 Å². The van der Waals surface area contributed by atoms with Crippen LogP contribution in [0, 0.1) is 0 Å². The molecule has 0 saturated heterocycles. The Morgan fingerprint density at radius 2 is 1.69 bits per heavy atom. The van der Waals surface area contributed by atoms with Crippen LogP contribution in [0.3, 0.4) is 0 Å². The summed E-state index contributed by atoms with van der Waals surface area (Å²) in [6.45, 7) is 0.157. The molecular weight excluding hydrogens is 368 g/mol. The summed E-state index contributed by atoms with van der Waals surface area (Å²) in [7, 11) is 0. The van der Waals surface area contributed by atoms with Crippen LogP contribution in [0.2, 0.25) is 0 Å². The molecule has 0 aliphatic heterocycles. The Bertz CT molecular complexity index is 913. The van der Waals surface area contributed by atoms with E-state index >= 15 is 0 Å². The number of benzene rings is 1. The lowest BCUT2D eigenvalue weighted by Crippen LogP contribution is -2.45. The van der Waals surface area contributed by atoms with E-state index < -0.39 is 6.04 Å². The van der Waals surface area contributed by atoms with Crippen molar-refractivity contribution in [1.29, 1.82) is 0 Å². The van der Waals surface area contributed by atoms with Crippen molar-refractivity contribution >= 4 is 11.8 Å². The van der Waals surface area contributed by atoms with Gasteiger partial charge in [-0.05, 0) is 42.7 Å². The summed E-state index contributed by atoms with van der Waals surface area (Å²) >= 11 is 0. The van der Waals surface area contributed by atoms with Gasteiger partial charge in [0, 0.05) is 6.04 Å². The minimum absolute atomic E-state index is 0.151. The standard InChI is InChI=1S/C23H24N2O4/c26-22(24-18-10-4-5-11-18)21(17-8-2-1-3-9-17)25(16-19-12-6-14-28-19)23(27)20-13-7-15-29-20/h1-3,6-9,12-15,18,21H,4-5,10-11,16H2,(H,24,26)/t21-/m0/s1. The summed E-state index contributed by atoms with van der Waals surface area (Å²) in [5, 5.41) is 3.14. The van der Waals surface area contributed by atoms with E-state index in [1.807, 2.05) is 30.3 Å². The monoisotopic (exact) mass is 392 g/mol. The lowest BCUT2D eigenvalue weighted by atomic mass is 10.0. The van der Waals surface area contributed by atoms with Crippen molar-refractivity contribution in [3.05, 3.63) is 84.2 Å². The van der Waals surface area contributed by atoms with Crippen molar-refractivity contribution in [2.75, 3.05) is 0 Å². The zero-order valence-electron chi connectivity index (χ0n) is 16.1. The number of furan rings is 2. The average Bonchev–Trinajstić information content (AvgIpc) is 3.51. The second-order valence-electron chi connectivity index (χ2n) is 7.29. The number of hydrogen-bond donors (Lipinski definition) is 1. The molecule has 1 fully saturated rings. The quantitative estimate of drug-likeness (QED) is 0.650. The molecular formula is C23H24N2O4. The summed E-state index contributed by atoms with van der Waals surface area (Å²) in [5.41, 5.74) is 0.745. The van der Waals surface area contributed by atoms with Crippen LogP contribution in [0.1, 0.15) is 53.6 Å². The maximum Gasteiger partial charge on any atom is 0.290 e. The van der Waals surface area contributed by atoms with Crippen molar-refractivity contribution in [3.63, 3.8) is 0 Å². The number of nitrogens with zero attached hydrogens (tertiary/aromatic N) is 1. The number of hydrogen-bond acceptors (Lipinski definition) is 4. The molecule has 1 aliphatic rings. The Kier molecular flexibility index (Phi) is 5.79. The molecule has 6 heteroatoms. The van der Waals surface area contributed by atoms with Crippen LogP contribution in [0.25, 0.3) is 0 Å². The van der Waals surface area contributed by atoms with Gasteiger partial charge in [0.15, 0.2) is 5.76 Å². The Balaban J connectivity index is 1.70. The number of carbonyl (C=O) groups is 2. The number of carbonyl (C=O) groups excluding carboxylic acids is 2. The molecule has 1 N–H and O–H groups in total. The van der Waals surface area contributed by atoms with Crippen molar-refractivity contribution in [2.24, 2.45) is 0 Å². The summed E-state index contributed by atoms with van der Waals surface area (Å²) in [4.78, 5) is 28.2. The second-order valence-corrected chi connectivity index (χ2v) is 7.29. The average molecular weight is 392 g/mol. The van der Waals surface area contributed by atoms with Gasteiger partial charge in [-0.2, -0.15) is 0 Å². The third-order valence-corrected chi connectivity index (χ3v) is 5.28. The number of rotatable bonds is 7. The van der Waals surface area contributed by atoms with E-state index in [0.717, 1.165) is 31.2 Å².